The lowest BCUT2D eigenvalue weighted by Gasteiger charge is -2.27. The average Bonchev–Trinajstić information content (AvgIpc) is 2.87. The molecule has 24 heavy (non-hydrogen) atoms. The Balaban J connectivity index is 1.81. The number of nitrogens with zero attached hydrogens (tertiary/aromatic N) is 1. The van der Waals surface area contributed by atoms with Crippen LogP contribution in [0.2, 0.25) is 0 Å². The summed E-state index contributed by atoms with van der Waals surface area (Å²) in [6.07, 6.45) is 0.799. The van der Waals surface area contributed by atoms with Crippen molar-refractivity contribution in [2.45, 2.75) is 32.6 Å². The van der Waals surface area contributed by atoms with Crippen molar-refractivity contribution in [1.29, 1.82) is 0 Å². The fraction of sp³-hybridized carbons (Fsp3) is 0.350. The van der Waals surface area contributed by atoms with Gasteiger partial charge in [-0.2, -0.15) is 0 Å². The van der Waals surface area contributed by atoms with Gasteiger partial charge in [-0.1, -0.05) is 29.8 Å². The molecule has 0 saturated carbocycles. The molecule has 0 aliphatic carbocycles. The molecule has 1 amide bonds. The molecule has 3 rings (SSSR count). The van der Waals surface area contributed by atoms with E-state index in [-0.39, 0.29) is 17.0 Å². The van der Waals surface area contributed by atoms with Gasteiger partial charge in [-0.3, -0.25) is 4.79 Å². The monoisotopic (exact) mass is 341 g/mol. The first-order valence-corrected chi connectivity index (χ1v) is 9.27. The van der Waals surface area contributed by atoms with E-state index in [2.05, 4.69) is 32.9 Å². The van der Waals surface area contributed by atoms with Crippen LogP contribution in [0.5, 0.6) is 5.75 Å². The number of hydrogen-bond donors (Lipinski definition) is 1. The highest BCUT2D eigenvalue weighted by atomic mass is 32.2. The Morgan fingerprint density at radius 2 is 1.75 bits per heavy atom. The molecule has 3 nitrogen and oxygen atoms in total. The summed E-state index contributed by atoms with van der Waals surface area (Å²) in [4.78, 5) is 14.4. The van der Waals surface area contributed by atoms with Crippen molar-refractivity contribution in [2.24, 2.45) is 0 Å². The van der Waals surface area contributed by atoms with Crippen molar-refractivity contribution in [3.63, 3.8) is 0 Å². The largest absolute Gasteiger partial charge is 0.508 e. The zero-order valence-electron chi connectivity index (χ0n) is 14.4. The smallest absolute Gasteiger partial charge is 0.233 e. The molecule has 2 aromatic rings. The van der Waals surface area contributed by atoms with Crippen molar-refractivity contribution in [2.75, 3.05) is 12.3 Å². The van der Waals surface area contributed by atoms with Crippen LogP contribution in [-0.2, 0) is 11.2 Å². The highest BCUT2D eigenvalue weighted by Crippen LogP contribution is 2.41. The highest BCUT2D eigenvalue weighted by molar-refractivity contribution is 8.00. The van der Waals surface area contributed by atoms with Gasteiger partial charge < -0.3 is 10.0 Å². The molecule has 0 bridgehead atoms. The minimum Gasteiger partial charge on any atom is -0.508 e. The van der Waals surface area contributed by atoms with Crippen molar-refractivity contribution in [1.82, 2.24) is 4.90 Å². The maximum Gasteiger partial charge on any atom is 0.233 e. The van der Waals surface area contributed by atoms with Gasteiger partial charge in [0.2, 0.25) is 5.91 Å². The lowest BCUT2D eigenvalue weighted by atomic mass is 9.99. The fourth-order valence-corrected chi connectivity index (χ4v) is 4.84. The number of rotatable bonds is 4. The van der Waals surface area contributed by atoms with Crippen molar-refractivity contribution in [3.05, 3.63) is 64.2 Å². The zero-order chi connectivity index (χ0) is 17.3. The number of aromatic hydroxyl groups is 1. The molecule has 0 aromatic heterocycles. The number of carbonyl (C=O) groups excluding carboxylic acids is 1. The third-order valence-corrected chi connectivity index (χ3v) is 5.75. The Kier molecular flexibility index (Phi) is 4.86. The Bertz CT molecular complexity index is 732. The third kappa shape index (κ3) is 3.44. The van der Waals surface area contributed by atoms with Crippen LogP contribution in [-0.4, -0.2) is 28.2 Å². The van der Waals surface area contributed by atoms with E-state index in [4.69, 9.17) is 0 Å². The normalized spacial score (nSPS) is 17.5. The van der Waals surface area contributed by atoms with Crippen molar-refractivity contribution in [3.8, 4) is 5.75 Å². The van der Waals surface area contributed by atoms with E-state index in [0.29, 0.717) is 12.3 Å². The van der Waals surface area contributed by atoms with Crippen LogP contribution < -0.4 is 0 Å². The van der Waals surface area contributed by atoms with Crippen LogP contribution in [0, 0.1) is 20.8 Å². The molecule has 1 saturated heterocycles. The number of phenolic OH excluding ortho intramolecular Hbond substituents is 1. The molecule has 1 unspecified atom stereocenters. The molecule has 126 valence electrons. The second kappa shape index (κ2) is 6.89. The molecule has 1 N–H and O–H groups in total. The van der Waals surface area contributed by atoms with E-state index < -0.39 is 0 Å². The zero-order valence-corrected chi connectivity index (χ0v) is 15.2. The molecule has 1 atom stereocenters. The standard InChI is InChI=1S/C20H23NO2S/c1-13-10-14(2)19(15(3)11-13)20-21(18(23)12-24-20)9-8-16-4-6-17(22)7-5-16/h4-7,10-11,20,22H,8-9,12H2,1-3H3. The number of aryl methyl sites for hydroxylation is 3. The van der Waals surface area contributed by atoms with Gasteiger partial charge in [0.25, 0.3) is 0 Å². The van der Waals surface area contributed by atoms with E-state index in [1.807, 2.05) is 17.0 Å². The molecular weight excluding hydrogens is 318 g/mol. The van der Waals surface area contributed by atoms with Gasteiger partial charge in [0, 0.05) is 6.54 Å². The lowest BCUT2D eigenvalue weighted by Crippen LogP contribution is -2.31. The second-order valence-corrected chi connectivity index (χ2v) is 7.55. The minimum atomic E-state index is 0.107. The summed E-state index contributed by atoms with van der Waals surface area (Å²) >= 11 is 1.72. The van der Waals surface area contributed by atoms with Crippen LogP contribution in [0.1, 0.15) is 33.2 Å². The van der Waals surface area contributed by atoms with Crippen LogP contribution in [0.25, 0.3) is 0 Å². The number of carbonyl (C=O) groups is 1. The Hall–Kier alpha value is -1.94. The molecule has 1 aliphatic rings. The highest BCUT2D eigenvalue weighted by Gasteiger charge is 2.34. The van der Waals surface area contributed by atoms with Gasteiger partial charge in [0.05, 0.1) is 5.75 Å². The predicted molar refractivity (Wildman–Crippen MR) is 99.4 cm³/mol. The quantitative estimate of drug-likeness (QED) is 0.909. The van der Waals surface area contributed by atoms with E-state index in [0.717, 1.165) is 12.0 Å². The van der Waals surface area contributed by atoms with Crippen LogP contribution in [0.4, 0.5) is 0 Å². The number of benzene rings is 2. The van der Waals surface area contributed by atoms with Gasteiger partial charge in [-0.15, -0.1) is 11.8 Å². The van der Waals surface area contributed by atoms with E-state index in [1.54, 1.807) is 23.9 Å². The Morgan fingerprint density at radius 1 is 1.12 bits per heavy atom. The van der Waals surface area contributed by atoms with Gasteiger partial charge in [-0.05, 0) is 61.6 Å². The first-order valence-electron chi connectivity index (χ1n) is 8.22. The summed E-state index contributed by atoms with van der Waals surface area (Å²) in [6.45, 7) is 7.08. The molecule has 4 heteroatoms. The molecule has 0 radical (unpaired) electrons. The van der Waals surface area contributed by atoms with Gasteiger partial charge in [0.15, 0.2) is 0 Å². The minimum absolute atomic E-state index is 0.107. The molecule has 1 fully saturated rings. The summed E-state index contributed by atoms with van der Waals surface area (Å²) in [7, 11) is 0. The van der Waals surface area contributed by atoms with Crippen molar-refractivity contribution < 1.29 is 9.90 Å². The molecule has 1 aliphatic heterocycles. The molecular formula is C20H23NO2S. The lowest BCUT2D eigenvalue weighted by molar-refractivity contribution is -0.128. The number of phenols is 1. The van der Waals surface area contributed by atoms with E-state index in [9.17, 15) is 9.90 Å². The van der Waals surface area contributed by atoms with E-state index in [1.165, 1.54) is 22.3 Å². The van der Waals surface area contributed by atoms with Gasteiger partial charge in [-0.25, -0.2) is 0 Å². The van der Waals surface area contributed by atoms with Crippen LogP contribution in [0.15, 0.2) is 36.4 Å². The Labute approximate surface area is 147 Å². The Morgan fingerprint density at radius 3 is 2.38 bits per heavy atom. The predicted octanol–water partition coefficient (Wildman–Crippen LogP) is 4.13. The number of hydrogen-bond acceptors (Lipinski definition) is 3. The number of amides is 1. The van der Waals surface area contributed by atoms with Gasteiger partial charge >= 0.3 is 0 Å². The number of thioether (sulfide) groups is 1. The molecule has 1 heterocycles. The second-order valence-electron chi connectivity index (χ2n) is 6.48. The maximum atomic E-state index is 12.4. The topological polar surface area (TPSA) is 40.5 Å². The average molecular weight is 341 g/mol. The first-order chi connectivity index (χ1) is 11.5. The molecule has 2 aromatic carbocycles. The van der Waals surface area contributed by atoms with Crippen molar-refractivity contribution >= 4 is 17.7 Å². The summed E-state index contributed by atoms with van der Waals surface area (Å²) in [5.74, 6) is 1.03. The van der Waals surface area contributed by atoms with Gasteiger partial charge in [0.1, 0.15) is 11.1 Å². The summed E-state index contributed by atoms with van der Waals surface area (Å²) in [5, 5.41) is 9.49. The maximum absolute atomic E-state index is 12.4. The third-order valence-electron chi connectivity index (χ3n) is 4.53. The van der Waals surface area contributed by atoms with Crippen LogP contribution >= 0.6 is 11.8 Å². The summed E-state index contributed by atoms with van der Waals surface area (Å²) in [6, 6.07) is 11.6. The summed E-state index contributed by atoms with van der Waals surface area (Å²) < 4.78 is 0. The van der Waals surface area contributed by atoms with Crippen LogP contribution in [0.3, 0.4) is 0 Å². The molecule has 0 spiro atoms. The van der Waals surface area contributed by atoms with E-state index >= 15 is 0 Å². The SMILES string of the molecule is Cc1cc(C)c(C2SCC(=O)N2CCc2ccc(O)cc2)c(C)c1. The summed E-state index contributed by atoms with van der Waals surface area (Å²) in [5.41, 5.74) is 6.19. The first kappa shape index (κ1) is 16.9. The fourth-order valence-electron chi connectivity index (χ4n) is 3.43.